The van der Waals surface area contributed by atoms with Crippen LogP contribution >= 0.6 is 0 Å². The SMILES string of the molecule is C[C@@H]1[C@@H](CCC(O)CCCCCCCCCc2ccccc2)OC(=O)N1Cc1ccccc1. The molecule has 0 aliphatic carbocycles. The van der Waals surface area contributed by atoms with E-state index in [4.69, 9.17) is 4.74 Å². The zero-order valence-electron chi connectivity index (χ0n) is 20.2. The van der Waals surface area contributed by atoms with E-state index in [9.17, 15) is 9.90 Å². The first-order chi connectivity index (χ1) is 16.1. The molecule has 4 nitrogen and oxygen atoms in total. The van der Waals surface area contributed by atoms with Gasteiger partial charge < -0.3 is 9.84 Å². The highest BCUT2D eigenvalue weighted by atomic mass is 16.6. The Bertz CT molecular complexity index is 795. The van der Waals surface area contributed by atoms with Gasteiger partial charge in [0.1, 0.15) is 6.10 Å². The minimum atomic E-state index is -0.301. The smallest absolute Gasteiger partial charge is 0.410 e. The van der Waals surface area contributed by atoms with E-state index in [0.717, 1.165) is 24.8 Å². The van der Waals surface area contributed by atoms with Gasteiger partial charge in [0.25, 0.3) is 0 Å². The Hall–Kier alpha value is -2.33. The Morgan fingerprint density at radius 3 is 2.06 bits per heavy atom. The number of benzene rings is 2. The van der Waals surface area contributed by atoms with Crippen molar-refractivity contribution in [2.24, 2.45) is 0 Å². The van der Waals surface area contributed by atoms with Crippen LogP contribution in [0, 0.1) is 0 Å². The number of carbonyl (C=O) groups is 1. The average Bonchev–Trinajstić information content (AvgIpc) is 3.10. The second kappa shape index (κ2) is 14.0. The molecule has 1 fully saturated rings. The fourth-order valence-corrected chi connectivity index (χ4v) is 4.69. The van der Waals surface area contributed by atoms with Gasteiger partial charge in [-0.15, -0.1) is 0 Å². The molecule has 33 heavy (non-hydrogen) atoms. The van der Waals surface area contributed by atoms with Crippen molar-refractivity contribution in [2.45, 2.75) is 102 Å². The molecule has 1 amide bonds. The van der Waals surface area contributed by atoms with Gasteiger partial charge in [-0.1, -0.05) is 99.2 Å². The lowest BCUT2D eigenvalue weighted by atomic mass is 10.00. The summed E-state index contributed by atoms with van der Waals surface area (Å²) in [4.78, 5) is 14.1. The van der Waals surface area contributed by atoms with Crippen LogP contribution in [0.25, 0.3) is 0 Å². The molecule has 3 rings (SSSR count). The van der Waals surface area contributed by atoms with Gasteiger partial charge in [-0.2, -0.15) is 0 Å². The van der Waals surface area contributed by atoms with Crippen molar-refractivity contribution in [2.75, 3.05) is 0 Å². The van der Waals surface area contributed by atoms with Crippen molar-refractivity contribution in [1.82, 2.24) is 4.90 Å². The zero-order valence-corrected chi connectivity index (χ0v) is 20.2. The van der Waals surface area contributed by atoms with Gasteiger partial charge in [-0.3, -0.25) is 4.90 Å². The second-order valence-corrected chi connectivity index (χ2v) is 9.51. The van der Waals surface area contributed by atoms with Crippen LogP contribution in [0.2, 0.25) is 0 Å². The number of hydrogen-bond donors (Lipinski definition) is 1. The van der Waals surface area contributed by atoms with Crippen LogP contribution in [0.1, 0.15) is 82.3 Å². The highest BCUT2D eigenvalue weighted by Gasteiger charge is 2.38. The fraction of sp³-hybridized carbons (Fsp3) is 0.552. The molecule has 0 aromatic heterocycles. The number of rotatable bonds is 15. The van der Waals surface area contributed by atoms with Gasteiger partial charge >= 0.3 is 6.09 Å². The van der Waals surface area contributed by atoms with Crippen LogP contribution in [0.5, 0.6) is 0 Å². The number of hydrogen-bond acceptors (Lipinski definition) is 3. The molecule has 1 aliphatic rings. The van der Waals surface area contributed by atoms with E-state index in [2.05, 4.69) is 30.3 Å². The second-order valence-electron chi connectivity index (χ2n) is 9.51. The van der Waals surface area contributed by atoms with Gasteiger partial charge in [0.05, 0.1) is 12.1 Å². The van der Waals surface area contributed by atoms with Crippen molar-refractivity contribution in [3.63, 3.8) is 0 Å². The van der Waals surface area contributed by atoms with Crippen LogP contribution < -0.4 is 0 Å². The minimum Gasteiger partial charge on any atom is -0.444 e. The lowest BCUT2D eigenvalue weighted by Crippen LogP contribution is -2.33. The molecule has 1 unspecified atom stereocenters. The summed E-state index contributed by atoms with van der Waals surface area (Å²) < 4.78 is 5.60. The minimum absolute atomic E-state index is 0.0341. The molecule has 0 saturated carbocycles. The topological polar surface area (TPSA) is 49.8 Å². The van der Waals surface area contributed by atoms with Crippen LogP contribution in [0.4, 0.5) is 4.79 Å². The molecule has 0 spiro atoms. The first kappa shape index (κ1) is 25.3. The number of amides is 1. The van der Waals surface area contributed by atoms with Gasteiger partial charge in [-0.25, -0.2) is 4.79 Å². The van der Waals surface area contributed by atoms with Crippen LogP contribution in [0.15, 0.2) is 60.7 Å². The number of aryl methyl sites for hydroxylation is 1. The lowest BCUT2D eigenvalue weighted by Gasteiger charge is -2.21. The van der Waals surface area contributed by atoms with Gasteiger partial charge in [-0.05, 0) is 50.2 Å². The summed E-state index contributed by atoms with van der Waals surface area (Å²) in [6, 6.07) is 20.8. The maximum absolute atomic E-state index is 12.3. The molecule has 1 N–H and O–H groups in total. The number of unbranched alkanes of at least 4 members (excludes halogenated alkanes) is 6. The van der Waals surface area contributed by atoms with Crippen LogP contribution in [-0.2, 0) is 17.7 Å². The number of nitrogens with zero attached hydrogens (tertiary/aromatic N) is 1. The number of carbonyl (C=O) groups excluding carboxylic acids is 1. The fourth-order valence-electron chi connectivity index (χ4n) is 4.69. The summed E-state index contributed by atoms with van der Waals surface area (Å²) >= 11 is 0. The van der Waals surface area contributed by atoms with Crippen molar-refractivity contribution in [3.8, 4) is 0 Å². The molecule has 0 bridgehead atoms. The molecule has 2 aromatic carbocycles. The molecule has 1 aliphatic heterocycles. The first-order valence-electron chi connectivity index (χ1n) is 12.9. The molecule has 3 atom stereocenters. The highest BCUT2D eigenvalue weighted by molar-refractivity contribution is 5.70. The summed E-state index contributed by atoms with van der Waals surface area (Å²) in [7, 11) is 0. The summed E-state index contributed by atoms with van der Waals surface area (Å²) in [5.74, 6) is 0. The van der Waals surface area contributed by atoms with E-state index in [0.29, 0.717) is 13.0 Å². The van der Waals surface area contributed by atoms with E-state index >= 15 is 0 Å². The standard InChI is InChI=1S/C29H41NO3/c1-24-28(33-29(32)30(24)23-26-18-12-8-13-19-26)22-21-27(31)20-14-6-4-2-3-5-9-15-25-16-10-7-11-17-25/h7-8,10-13,16-19,24,27-28,31H,2-6,9,14-15,20-23H2,1H3/t24-,27?,28-/m1/s1. The highest BCUT2D eigenvalue weighted by Crippen LogP contribution is 2.26. The van der Waals surface area contributed by atoms with Crippen LogP contribution in [0.3, 0.4) is 0 Å². The van der Waals surface area contributed by atoms with E-state index in [1.54, 1.807) is 4.90 Å². The Balaban J connectivity index is 1.20. The Labute approximate surface area is 200 Å². The lowest BCUT2D eigenvalue weighted by molar-refractivity contribution is 0.0979. The van der Waals surface area contributed by atoms with Gasteiger partial charge in [0, 0.05) is 6.54 Å². The third-order valence-electron chi connectivity index (χ3n) is 6.84. The largest absolute Gasteiger partial charge is 0.444 e. The molecule has 2 aromatic rings. The molecule has 0 radical (unpaired) electrons. The van der Waals surface area contributed by atoms with Crippen molar-refractivity contribution in [3.05, 3.63) is 71.8 Å². The van der Waals surface area contributed by atoms with E-state index < -0.39 is 0 Å². The summed E-state index contributed by atoms with van der Waals surface area (Å²) in [5, 5.41) is 10.4. The van der Waals surface area contributed by atoms with Gasteiger partial charge in [0.15, 0.2) is 0 Å². The van der Waals surface area contributed by atoms with Crippen molar-refractivity contribution >= 4 is 6.09 Å². The molecule has 180 valence electrons. The first-order valence-corrected chi connectivity index (χ1v) is 12.9. The monoisotopic (exact) mass is 451 g/mol. The Kier molecular flexibility index (Phi) is 10.8. The normalized spacial score (nSPS) is 19.0. The predicted molar refractivity (Wildman–Crippen MR) is 134 cm³/mol. The van der Waals surface area contributed by atoms with E-state index in [1.165, 1.54) is 50.5 Å². The molecule has 4 heteroatoms. The number of cyclic esters (lactones) is 1. The predicted octanol–water partition coefficient (Wildman–Crippen LogP) is 6.90. The van der Waals surface area contributed by atoms with Crippen LogP contribution in [-0.4, -0.2) is 34.3 Å². The van der Waals surface area contributed by atoms with Crippen molar-refractivity contribution < 1.29 is 14.6 Å². The average molecular weight is 452 g/mol. The number of aliphatic hydroxyl groups excluding tert-OH is 1. The van der Waals surface area contributed by atoms with Gasteiger partial charge in [0.2, 0.25) is 0 Å². The maximum Gasteiger partial charge on any atom is 0.410 e. The molecule has 1 saturated heterocycles. The van der Waals surface area contributed by atoms with E-state index in [1.807, 2.05) is 37.3 Å². The molecular weight excluding hydrogens is 410 g/mol. The zero-order chi connectivity index (χ0) is 23.3. The molecular formula is C29H41NO3. The summed E-state index contributed by atoms with van der Waals surface area (Å²) in [5.41, 5.74) is 2.55. The number of aliphatic hydroxyl groups is 1. The third kappa shape index (κ3) is 8.85. The van der Waals surface area contributed by atoms with E-state index in [-0.39, 0.29) is 24.3 Å². The van der Waals surface area contributed by atoms with Crippen molar-refractivity contribution in [1.29, 1.82) is 0 Å². The molecule has 1 heterocycles. The number of ether oxygens (including phenoxy) is 1. The Morgan fingerprint density at radius 2 is 1.39 bits per heavy atom. The maximum atomic E-state index is 12.3. The summed E-state index contributed by atoms with van der Waals surface area (Å²) in [6.45, 7) is 2.62. The Morgan fingerprint density at radius 1 is 0.818 bits per heavy atom. The third-order valence-corrected chi connectivity index (χ3v) is 6.84. The quantitative estimate of drug-likeness (QED) is 0.300. The summed E-state index contributed by atoms with van der Waals surface area (Å²) in [6.07, 6.45) is 11.5.